The number of alkyl halides is 2. The largest absolute Gasteiger partial charge is 0.378 e. The summed E-state index contributed by atoms with van der Waals surface area (Å²) in [5.74, 6) is 0. The minimum absolute atomic E-state index is 0.0451. The minimum Gasteiger partial charge on any atom is -0.378 e. The van der Waals surface area contributed by atoms with E-state index in [0.29, 0.717) is 16.6 Å². The van der Waals surface area contributed by atoms with Crippen LogP contribution in [-0.4, -0.2) is 16.5 Å². The fourth-order valence-corrected chi connectivity index (χ4v) is 2.01. The fraction of sp³-hybridized carbons (Fsp3) is 0.444. The van der Waals surface area contributed by atoms with Crippen LogP contribution >= 0.6 is 15.9 Å². The average molecular weight is 264 g/mol. The van der Waals surface area contributed by atoms with Gasteiger partial charge in [0.25, 0.3) is 6.43 Å². The lowest BCUT2D eigenvalue weighted by molar-refractivity contribution is -0.103. The van der Waals surface area contributed by atoms with E-state index in [2.05, 4.69) is 20.9 Å². The van der Waals surface area contributed by atoms with E-state index in [1.807, 2.05) is 0 Å². The molecule has 1 aliphatic rings. The van der Waals surface area contributed by atoms with Crippen LogP contribution in [0, 0.1) is 0 Å². The highest BCUT2D eigenvalue weighted by atomic mass is 79.9. The number of aliphatic hydroxyl groups is 1. The molecule has 0 saturated heterocycles. The Hall–Kier alpha value is -0.550. The van der Waals surface area contributed by atoms with Gasteiger partial charge in [0.15, 0.2) is 5.60 Å². The topological polar surface area (TPSA) is 33.1 Å². The van der Waals surface area contributed by atoms with Crippen LogP contribution in [0.5, 0.6) is 0 Å². The number of hydrogen-bond acceptors (Lipinski definition) is 2. The first-order valence-electron chi connectivity index (χ1n) is 4.20. The van der Waals surface area contributed by atoms with Crippen molar-refractivity contribution >= 4 is 15.9 Å². The maximum atomic E-state index is 12.6. The van der Waals surface area contributed by atoms with Gasteiger partial charge in [-0.2, -0.15) is 0 Å². The monoisotopic (exact) mass is 263 g/mol. The fourth-order valence-electron chi connectivity index (χ4n) is 1.70. The molecule has 2 nitrogen and oxygen atoms in total. The van der Waals surface area contributed by atoms with Crippen molar-refractivity contribution < 1.29 is 13.9 Å². The highest BCUT2D eigenvalue weighted by Crippen LogP contribution is 2.40. The second-order valence-corrected chi connectivity index (χ2v) is 4.18. The molecule has 5 heteroatoms. The summed E-state index contributed by atoms with van der Waals surface area (Å²) in [5, 5.41) is 9.71. The van der Waals surface area contributed by atoms with Crippen molar-refractivity contribution in [2.45, 2.75) is 24.9 Å². The van der Waals surface area contributed by atoms with Crippen LogP contribution in [-0.2, 0) is 12.0 Å². The summed E-state index contributed by atoms with van der Waals surface area (Å²) in [4.78, 5) is 3.91. The van der Waals surface area contributed by atoms with Crippen molar-refractivity contribution in [1.29, 1.82) is 0 Å². The van der Waals surface area contributed by atoms with Crippen molar-refractivity contribution in [1.82, 2.24) is 4.98 Å². The highest BCUT2D eigenvalue weighted by Gasteiger charge is 2.46. The number of aryl methyl sites for hydroxylation is 1. The van der Waals surface area contributed by atoms with Crippen LogP contribution in [0.4, 0.5) is 8.78 Å². The average Bonchev–Trinajstić information content (AvgIpc) is 2.46. The molecule has 0 aliphatic heterocycles. The third-order valence-electron chi connectivity index (χ3n) is 2.49. The summed E-state index contributed by atoms with van der Waals surface area (Å²) in [6, 6.07) is 3.41. The van der Waals surface area contributed by atoms with E-state index in [1.165, 1.54) is 0 Å². The number of hydrogen-bond donors (Lipinski definition) is 1. The van der Waals surface area contributed by atoms with Gasteiger partial charge in [-0.3, -0.25) is 0 Å². The molecular formula is C9H8BrF2NO. The third kappa shape index (κ3) is 1.35. The molecule has 0 bridgehead atoms. The first-order chi connectivity index (χ1) is 6.54. The molecule has 2 rings (SSSR count). The van der Waals surface area contributed by atoms with Gasteiger partial charge in [-0.25, -0.2) is 13.8 Å². The second-order valence-electron chi connectivity index (χ2n) is 3.37. The zero-order chi connectivity index (χ0) is 10.3. The molecule has 1 heterocycles. The molecule has 0 spiro atoms. The summed E-state index contributed by atoms with van der Waals surface area (Å²) < 4.78 is 25.7. The molecule has 14 heavy (non-hydrogen) atoms. The molecular weight excluding hydrogens is 256 g/mol. The van der Waals surface area contributed by atoms with Gasteiger partial charge < -0.3 is 5.11 Å². The van der Waals surface area contributed by atoms with Crippen molar-refractivity contribution in [2.24, 2.45) is 0 Å². The normalized spacial score (nSPS) is 25.5. The Bertz CT molecular complexity index is 372. The van der Waals surface area contributed by atoms with E-state index < -0.39 is 12.0 Å². The first kappa shape index (κ1) is 9.98. The lowest BCUT2D eigenvalue weighted by atomic mass is 10.0. The Kier molecular flexibility index (Phi) is 2.31. The molecule has 0 amide bonds. The minimum atomic E-state index is -2.79. The van der Waals surface area contributed by atoms with Gasteiger partial charge in [-0.15, -0.1) is 0 Å². The Balaban J connectivity index is 2.52. The summed E-state index contributed by atoms with van der Waals surface area (Å²) in [5.41, 5.74) is -1.24. The smallest absolute Gasteiger partial charge is 0.272 e. The highest BCUT2D eigenvalue weighted by molar-refractivity contribution is 9.10. The van der Waals surface area contributed by atoms with Crippen LogP contribution in [0.1, 0.15) is 17.7 Å². The van der Waals surface area contributed by atoms with Crippen LogP contribution in [0.25, 0.3) is 0 Å². The zero-order valence-corrected chi connectivity index (χ0v) is 8.76. The molecule has 0 aromatic carbocycles. The number of fused-ring (bicyclic) bond motifs is 1. The van der Waals surface area contributed by atoms with E-state index >= 15 is 0 Å². The lowest BCUT2D eigenvalue weighted by Gasteiger charge is -2.21. The number of rotatable bonds is 1. The summed E-state index contributed by atoms with van der Waals surface area (Å²) >= 11 is 3.10. The molecule has 1 N–H and O–H groups in total. The van der Waals surface area contributed by atoms with Gasteiger partial charge in [-0.05, 0) is 40.4 Å². The standard InChI is InChI=1S/C9H8BrF2NO/c10-6-2-1-5-3-4-9(14,8(11)12)7(5)13-6/h1-2,8,14H,3-4H2. The predicted octanol–water partition coefficient (Wildman–Crippen LogP) is 2.24. The molecule has 1 unspecified atom stereocenters. The molecule has 0 saturated carbocycles. The third-order valence-corrected chi connectivity index (χ3v) is 2.93. The Morgan fingerprint density at radius 2 is 2.21 bits per heavy atom. The zero-order valence-electron chi connectivity index (χ0n) is 7.17. The number of pyridine rings is 1. The van der Waals surface area contributed by atoms with E-state index in [1.54, 1.807) is 12.1 Å². The molecule has 76 valence electrons. The molecule has 1 aromatic heterocycles. The predicted molar refractivity (Wildman–Crippen MR) is 50.2 cm³/mol. The van der Waals surface area contributed by atoms with Gasteiger partial charge in [0.05, 0.1) is 5.69 Å². The SMILES string of the molecule is OC1(C(F)F)CCc2ccc(Br)nc21. The van der Waals surface area contributed by atoms with Crippen LogP contribution in [0.3, 0.4) is 0 Å². The van der Waals surface area contributed by atoms with Crippen LogP contribution < -0.4 is 0 Å². The summed E-state index contributed by atoms with van der Waals surface area (Å²) in [7, 11) is 0. The van der Waals surface area contributed by atoms with E-state index in [-0.39, 0.29) is 12.1 Å². The van der Waals surface area contributed by atoms with Crippen molar-refractivity contribution in [3.8, 4) is 0 Å². The van der Waals surface area contributed by atoms with E-state index in [9.17, 15) is 13.9 Å². The number of aromatic nitrogens is 1. The summed E-state index contributed by atoms with van der Waals surface area (Å²) in [6.07, 6.45) is -2.29. The van der Waals surface area contributed by atoms with Gasteiger partial charge in [0.1, 0.15) is 4.60 Å². The van der Waals surface area contributed by atoms with Crippen molar-refractivity contribution in [2.75, 3.05) is 0 Å². The maximum absolute atomic E-state index is 12.6. The van der Waals surface area contributed by atoms with E-state index in [4.69, 9.17) is 0 Å². The number of halogens is 3. The number of nitrogens with zero attached hydrogens (tertiary/aromatic N) is 1. The molecule has 1 aliphatic carbocycles. The first-order valence-corrected chi connectivity index (χ1v) is 5.00. The van der Waals surface area contributed by atoms with Gasteiger partial charge in [0, 0.05) is 0 Å². The van der Waals surface area contributed by atoms with Crippen molar-refractivity contribution in [3.63, 3.8) is 0 Å². The second kappa shape index (κ2) is 3.24. The van der Waals surface area contributed by atoms with E-state index in [0.717, 1.165) is 0 Å². The van der Waals surface area contributed by atoms with Crippen LogP contribution in [0.2, 0.25) is 0 Å². The van der Waals surface area contributed by atoms with Gasteiger partial charge in [-0.1, -0.05) is 6.07 Å². The van der Waals surface area contributed by atoms with Gasteiger partial charge >= 0.3 is 0 Å². The Morgan fingerprint density at radius 3 is 2.86 bits per heavy atom. The molecule has 0 fully saturated rings. The molecule has 1 aromatic rings. The van der Waals surface area contributed by atoms with Gasteiger partial charge in [0.2, 0.25) is 0 Å². The van der Waals surface area contributed by atoms with Crippen molar-refractivity contribution in [3.05, 3.63) is 28.0 Å². The lowest BCUT2D eigenvalue weighted by Crippen LogP contribution is -2.32. The van der Waals surface area contributed by atoms with Crippen LogP contribution in [0.15, 0.2) is 16.7 Å². The quantitative estimate of drug-likeness (QED) is 0.789. The Labute approximate surface area is 88.1 Å². The molecule has 0 radical (unpaired) electrons. The maximum Gasteiger partial charge on any atom is 0.272 e. The Morgan fingerprint density at radius 1 is 1.50 bits per heavy atom. The summed E-state index contributed by atoms with van der Waals surface area (Å²) in [6.45, 7) is 0. The molecule has 1 atom stereocenters.